The van der Waals surface area contributed by atoms with Crippen molar-refractivity contribution >= 4 is 37.3 Å². The Morgan fingerprint density at radius 2 is 1.08 bits per heavy atom. The molecule has 1 atom stereocenters. The molecule has 0 fully saturated rings. The van der Waals surface area contributed by atoms with Crippen molar-refractivity contribution in [1.29, 1.82) is 0 Å². The standard InChI is InChI=1S/C32H43B2NO4/c1-23-11-10-12-26(18-13-23)35(27-19-14-24(15-20-27)33-38-31(6,7)29(2,3)36)28-21-16-25(17-22-28)34-39-32(8,9)30(4,5)37/h10-23,36-37H,1-9H3. The summed E-state index contributed by atoms with van der Waals surface area (Å²) < 4.78 is 11.9. The highest BCUT2D eigenvalue weighted by atomic mass is 16.5. The molecule has 0 amide bonds. The Bertz CT molecular complexity index is 1110. The minimum absolute atomic E-state index is 0.349. The van der Waals surface area contributed by atoms with Crippen LogP contribution >= 0.6 is 0 Å². The third kappa shape index (κ3) is 7.98. The van der Waals surface area contributed by atoms with E-state index < -0.39 is 22.4 Å². The summed E-state index contributed by atoms with van der Waals surface area (Å²) in [4.78, 5) is 2.20. The lowest BCUT2D eigenvalue weighted by Gasteiger charge is -2.37. The van der Waals surface area contributed by atoms with E-state index in [2.05, 4.69) is 66.5 Å². The molecule has 2 aromatic carbocycles. The second-order valence-corrected chi connectivity index (χ2v) is 12.3. The Morgan fingerprint density at radius 1 is 0.667 bits per heavy atom. The molecule has 1 aliphatic rings. The average molecular weight is 527 g/mol. The zero-order chi connectivity index (χ0) is 29.1. The number of nitrogens with zero attached hydrogens (tertiary/aromatic N) is 1. The molecule has 39 heavy (non-hydrogen) atoms. The van der Waals surface area contributed by atoms with E-state index >= 15 is 0 Å². The fraction of sp³-hybridized carbons (Fsp3) is 0.438. The Balaban J connectivity index is 1.86. The zero-order valence-corrected chi connectivity index (χ0v) is 24.9. The summed E-state index contributed by atoms with van der Waals surface area (Å²) in [7, 11) is 3.39. The molecule has 1 unspecified atom stereocenters. The van der Waals surface area contributed by atoms with Gasteiger partial charge in [-0.15, -0.1) is 0 Å². The summed E-state index contributed by atoms with van der Waals surface area (Å²) in [5.74, 6) is 0.349. The van der Waals surface area contributed by atoms with Crippen LogP contribution in [0.2, 0.25) is 0 Å². The van der Waals surface area contributed by atoms with Crippen LogP contribution in [0.15, 0.2) is 84.6 Å². The SMILES string of the molecule is CC1C=CC=C(N(c2ccc([B]OC(C)(C)C(C)(C)O)cc2)c2ccc([B]OC(C)(C)C(C)(C)O)cc2)C=C1. The van der Waals surface area contributed by atoms with Crippen molar-refractivity contribution in [2.45, 2.75) is 84.7 Å². The predicted molar refractivity (Wildman–Crippen MR) is 164 cm³/mol. The first-order chi connectivity index (χ1) is 18.0. The van der Waals surface area contributed by atoms with Gasteiger partial charge in [0.2, 0.25) is 0 Å². The Labute approximate surface area is 236 Å². The third-order valence-electron chi connectivity index (χ3n) is 7.74. The molecule has 2 N–H and O–H groups in total. The minimum atomic E-state index is -0.984. The molecular weight excluding hydrogens is 484 g/mol. The highest BCUT2D eigenvalue weighted by Gasteiger charge is 2.36. The second-order valence-electron chi connectivity index (χ2n) is 12.3. The number of benzene rings is 2. The van der Waals surface area contributed by atoms with Crippen molar-refractivity contribution in [3.8, 4) is 0 Å². The maximum Gasteiger partial charge on any atom is 0.330 e. The van der Waals surface area contributed by atoms with Gasteiger partial charge in [-0.3, -0.25) is 0 Å². The summed E-state index contributed by atoms with van der Waals surface area (Å²) >= 11 is 0. The second kappa shape index (κ2) is 11.9. The van der Waals surface area contributed by atoms with Crippen LogP contribution in [0.1, 0.15) is 62.3 Å². The molecule has 0 heterocycles. The van der Waals surface area contributed by atoms with E-state index in [1.54, 1.807) is 42.7 Å². The van der Waals surface area contributed by atoms with Gasteiger partial charge >= 0.3 is 15.0 Å². The molecule has 0 bridgehead atoms. The number of anilines is 2. The number of hydrogen-bond acceptors (Lipinski definition) is 5. The summed E-state index contributed by atoms with van der Waals surface area (Å²) in [5.41, 5.74) is 1.43. The van der Waals surface area contributed by atoms with Crippen molar-refractivity contribution in [2.24, 2.45) is 5.92 Å². The Morgan fingerprint density at radius 3 is 1.46 bits per heavy atom. The fourth-order valence-corrected chi connectivity index (χ4v) is 3.42. The van der Waals surface area contributed by atoms with E-state index in [9.17, 15) is 10.2 Å². The zero-order valence-electron chi connectivity index (χ0n) is 24.9. The van der Waals surface area contributed by atoms with Crippen LogP contribution in [0.25, 0.3) is 0 Å². The van der Waals surface area contributed by atoms with Crippen LogP contribution in [0.3, 0.4) is 0 Å². The van der Waals surface area contributed by atoms with Crippen molar-refractivity contribution in [3.05, 3.63) is 84.6 Å². The van der Waals surface area contributed by atoms with Gasteiger partial charge in [-0.1, -0.05) is 60.3 Å². The summed E-state index contributed by atoms with van der Waals surface area (Å²) in [5, 5.41) is 20.8. The van der Waals surface area contributed by atoms with Crippen LogP contribution in [-0.4, -0.2) is 47.6 Å². The van der Waals surface area contributed by atoms with E-state index in [1.165, 1.54) is 0 Å². The molecule has 2 aromatic rings. The first kappa shape index (κ1) is 31.0. The molecule has 1 aliphatic carbocycles. The topological polar surface area (TPSA) is 62.2 Å². The van der Waals surface area contributed by atoms with Crippen LogP contribution in [0.4, 0.5) is 11.4 Å². The molecule has 3 rings (SSSR count). The largest absolute Gasteiger partial charge is 0.427 e. The van der Waals surface area contributed by atoms with Crippen molar-refractivity contribution in [1.82, 2.24) is 0 Å². The van der Waals surface area contributed by atoms with Crippen LogP contribution in [-0.2, 0) is 9.31 Å². The predicted octanol–water partition coefficient (Wildman–Crippen LogP) is 5.09. The molecule has 7 heteroatoms. The lowest BCUT2D eigenvalue weighted by atomic mass is 9.82. The van der Waals surface area contributed by atoms with Gasteiger partial charge in [-0.2, -0.15) is 0 Å². The van der Waals surface area contributed by atoms with Gasteiger partial charge in [-0.25, -0.2) is 0 Å². The van der Waals surface area contributed by atoms with Gasteiger partial charge in [0.05, 0.1) is 22.4 Å². The first-order valence-electron chi connectivity index (χ1n) is 13.5. The molecule has 5 nitrogen and oxygen atoms in total. The van der Waals surface area contributed by atoms with Crippen LogP contribution in [0, 0.1) is 5.92 Å². The fourth-order valence-electron chi connectivity index (χ4n) is 3.42. The monoisotopic (exact) mass is 527 g/mol. The third-order valence-corrected chi connectivity index (χ3v) is 7.74. The number of rotatable bonds is 11. The lowest BCUT2D eigenvalue weighted by molar-refractivity contribution is -0.0893. The van der Waals surface area contributed by atoms with E-state index in [-0.39, 0.29) is 0 Å². The minimum Gasteiger partial charge on any atom is -0.427 e. The van der Waals surface area contributed by atoms with Crippen molar-refractivity contribution < 1.29 is 19.5 Å². The van der Waals surface area contributed by atoms with Gasteiger partial charge in [0, 0.05) is 17.1 Å². The quantitative estimate of drug-likeness (QED) is 0.399. The highest BCUT2D eigenvalue weighted by Crippen LogP contribution is 2.31. The molecule has 206 valence electrons. The summed E-state index contributed by atoms with van der Waals surface area (Å²) in [6.07, 6.45) is 10.7. The number of aliphatic hydroxyl groups is 2. The van der Waals surface area contributed by atoms with Gasteiger partial charge in [0.1, 0.15) is 0 Å². The summed E-state index contributed by atoms with van der Waals surface area (Å²) in [6, 6.07) is 16.3. The van der Waals surface area contributed by atoms with Crippen molar-refractivity contribution in [3.63, 3.8) is 0 Å². The molecule has 0 saturated carbocycles. The number of hydrogen-bond donors (Lipinski definition) is 2. The molecule has 0 aromatic heterocycles. The highest BCUT2D eigenvalue weighted by molar-refractivity contribution is 6.47. The average Bonchev–Trinajstić information content (AvgIpc) is 3.06. The summed E-state index contributed by atoms with van der Waals surface area (Å²) in [6.45, 7) is 16.6. The molecular formula is C32H43B2NO4. The van der Waals surface area contributed by atoms with Crippen molar-refractivity contribution in [2.75, 3.05) is 4.90 Å². The maximum absolute atomic E-state index is 10.4. The van der Waals surface area contributed by atoms with E-state index in [1.807, 2.05) is 52.0 Å². The van der Waals surface area contributed by atoms with Gasteiger partial charge in [-0.05, 0) is 97.7 Å². The molecule has 0 saturated heterocycles. The Kier molecular flexibility index (Phi) is 9.44. The van der Waals surface area contributed by atoms with Crippen LogP contribution < -0.4 is 15.8 Å². The lowest BCUT2D eigenvalue weighted by Crippen LogP contribution is -2.49. The molecule has 2 radical (unpaired) electrons. The van der Waals surface area contributed by atoms with Crippen LogP contribution in [0.5, 0.6) is 0 Å². The molecule has 0 spiro atoms. The van der Waals surface area contributed by atoms with E-state index in [4.69, 9.17) is 9.31 Å². The van der Waals surface area contributed by atoms with Gasteiger partial charge in [0.15, 0.2) is 0 Å². The maximum atomic E-state index is 10.4. The van der Waals surface area contributed by atoms with E-state index in [0.717, 1.165) is 28.0 Å². The smallest absolute Gasteiger partial charge is 0.330 e. The normalized spacial score (nSPS) is 16.5. The van der Waals surface area contributed by atoms with Gasteiger partial charge in [0.25, 0.3) is 0 Å². The van der Waals surface area contributed by atoms with E-state index in [0.29, 0.717) is 5.92 Å². The Hall–Kier alpha value is -2.57. The number of allylic oxidation sites excluding steroid dienone is 5. The van der Waals surface area contributed by atoms with Gasteiger partial charge < -0.3 is 24.4 Å². The molecule has 0 aliphatic heterocycles. The first-order valence-corrected chi connectivity index (χ1v) is 13.5.